The number of hydrogen-bond acceptors (Lipinski definition) is 5. The minimum absolute atomic E-state index is 0.127. The number of carbonyl (C=O) groups excluding carboxylic acids is 1. The van der Waals surface area contributed by atoms with E-state index in [9.17, 15) is 14.7 Å². The number of carboxylic acid groups (broad SMARTS) is 1. The Morgan fingerprint density at radius 3 is 2.52 bits per heavy atom. The van der Waals surface area contributed by atoms with Crippen molar-refractivity contribution in [1.29, 1.82) is 0 Å². The first-order chi connectivity index (χ1) is 12.1. The zero-order chi connectivity index (χ0) is 17.8. The lowest BCUT2D eigenvalue weighted by atomic mass is 10.1. The van der Waals surface area contributed by atoms with E-state index >= 15 is 0 Å². The average Bonchev–Trinajstić information content (AvgIpc) is 3.08. The van der Waals surface area contributed by atoms with Crippen LogP contribution in [0, 0.1) is 0 Å². The van der Waals surface area contributed by atoms with E-state index in [0.717, 1.165) is 0 Å². The first kappa shape index (κ1) is 16.4. The molecule has 2 aromatic carbocycles. The Bertz CT molecular complexity index is 841. The van der Waals surface area contributed by atoms with Gasteiger partial charge in [-0.25, -0.2) is 4.79 Å². The van der Waals surface area contributed by atoms with Crippen LogP contribution in [0.25, 0.3) is 6.08 Å². The molecule has 0 aliphatic carbocycles. The highest BCUT2D eigenvalue weighted by atomic mass is 16.7. The Balaban J connectivity index is 1.80. The lowest BCUT2D eigenvalue weighted by molar-refractivity contribution is -0.132. The maximum absolute atomic E-state index is 12.2. The number of rotatable bonds is 5. The predicted octanol–water partition coefficient (Wildman–Crippen LogP) is 2.28. The van der Waals surface area contributed by atoms with Crippen molar-refractivity contribution >= 4 is 18.0 Å². The summed E-state index contributed by atoms with van der Waals surface area (Å²) in [7, 11) is 1.52. The second kappa shape index (κ2) is 6.96. The van der Waals surface area contributed by atoms with Crippen molar-refractivity contribution in [2.45, 2.75) is 0 Å². The SMILES string of the molecule is COc1ccc(C(=O)NC(=Cc2ccc3c(c2)OCO3)C(=O)O)cc1. The van der Waals surface area contributed by atoms with Gasteiger partial charge in [-0.3, -0.25) is 4.79 Å². The van der Waals surface area contributed by atoms with Crippen molar-refractivity contribution < 1.29 is 28.9 Å². The quantitative estimate of drug-likeness (QED) is 0.811. The van der Waals surface area contributed by atoms with Crippen LogP contribution in [0.15, 0.2) is 48.2 Å². The molecule has 2 aromatic rings. The molecule has 7 nitrogen and oxygen atoms in total. The molecular weight excluding hydrogens is 326 g/mol. The minimum atomic E-state index is -1.25. The molecule has 0 saturated heterocycles. The molecule has 0 spiro atoms. The molecule has 3 rings (SSSR count). The number of benzene rings is 2. The Hall–Kier alpha value is -3.48. The van der Waals surface area contributed by atoms with Crippen LogP contribution in [-0.2, 0) is 4.79 Å². The maximum atomic E-state index is 12.2. The molecule has 0 fully saturated rings. The van der Waals surface area contributed by atoms with Crippen LogP contribution in [0.4, 0.5) is 0 Å². The monoisotopic (exact) mass is 341 g/mol. The number of carbonyl (C=O) groups is 2. The van der Waals surface area contributed by atoms with Crippen LogP contribution in [0.5, 0.6) is 17.2 Å². The Morgan fingerprint density at radius 2 is 1.84 bits per heavy atom. The minimum Gasteiger partial charge on any atom is -0.497 e. The van der Waals surface area contributed by atoms with Crippen LogP contribution in [0.1, 0.15) is 15.9 Å². The van der Waals surface area contributed by atoms with E-state index in [1.165, 1.54) is 13.2 Å². The first-order valence-corrected chi connectivity index (χ1v) is 7.37. The number of fused-ring (bicyclic) bond motifs is 1. The zero-order valence-corrected chi connectivity index (χ0v) is 13.3. The van der Waals surface area contributed by atoms with Gasteiger partial charge in [0.25, 0.3) is 5.91 Å². The fraction of sp³-hybridized carbons (Fsp3) is 0.111. The first-order valence-electron chi connectivity index (χ1n) is 7.37. The lowest BCUT2D eigenvalue weighted by Crippen LogP contribution is -2.27. The summed E-state index contributed by atoms with van der Waals surface area (Å²) in [5.41, 5.74) is 0.634. The predicted molar refractivity (Wildman–Crippen MR) is 88.6 cm³/mol. The van der Waals surface area contributed by atoms with E-state index in [1.54, 1.807) is 42.5 Å². The molecule has 0 radical (unpaired) electrons. The molecule has 0 aromatic heterocycles. The van der Waals surface area contributed by atoms with Crippen LogP contribution < -0.4 is 19.5 Å². The Labute approximate surface area is 143 Å². The number of carboxylic acids is 1. The van der Waals surface area contributed by atoms with Gasteiger partial charge in [0.05, 0.1) is 7.11 Å². The topological polar surface area (TPSA) is 94.1 Å². The molecular formula is C18H15NO6. The number of hydrogen-bond donors (Lipinski definition) is 2. The fourth-order valence-electron chi connectivity index (χ4n) is 2.26. The molecule has 1 heterocycles. The van der Waals surface area contributed by atoms with Gasteiger partial charge in [0, 0.05) is 5.56 Å². The van der Waals surface area contributed by atoms with Crippen molar-refractivity contribution in [2.24, 2.45) is 0 Å². The molecule has 0 atom stereocenters. The summed E-state index contributed by atoms with van der Waals surface area (Å²) >= 11 is 0. The molecule has 1 aliphatic rings. The summed E-state index contributed by atoms with van der Waals surface area (Å²) in [6.07, 6.45) is 1.35. The van der Waals surface area contributed by atoms with Crippen LogP contribution in [0.3, 0.4) is 0 Å². The summed E-state index contributed by atoms with van der Waals surface area (Å²) in [4.78, 5) is 23.7. The van der Waals surface area contributed by atoms with Gasteiger partial charge in [-0.2, -0.15) is 0 Å². The number of ether oxygens (including phenoxy) is 3. The van der Waals surface area contributed by atoms with Crippen LogP contribution >= 0.6 is 0 Å². The Kier molecular flexibility index (Phi) is 4.56. The molecule has 0 saturated carbocycles. The number of amides is 1. The van der Waals surface area contributed by atoms with Crippen molar-refractivity contribution in [3.05, 3.63) is 59.3 Å². The van der Waals surface area contributed by atoms with Crippen molar-refractivity contribution in [3.63, 3.8) is 0 Å². The van der Waals surface area contributed by atoms with Gasteiger partial charge in [0.2, 0.25) is 6.79 Å². The standard InChI is InChI=1S/C18H15NO6/c1-23-13-5-3-12(4-6-13)17(20)19-14(18(21)22)8-11-2-7-15-16(9-11)25-10-24-15/h2-9H,10H2,1H3,(H,19,20)(H,21,22). The van der Waals surface area contributed by atoms with Gasteiger partial charge in [0.15, 0.2) is 11.5 Å². The zero-order valence-electron chi connectivity index (χ0n) is 13.3. The van der Waals surface area contributed by atoms with Crippen LogP contribution in [0.2, 0.25) is 0 Å². The van der Waals surface area contributed by atoms with Crippen molar-refractivity contribution in [1.82, 2.24) is 5.32 Å². The number of nitrogens with one attached hydrogen (secondary N) is 1. The Morgan fingerprint density at radius 1 is 1.12 bits per heavy atom. The van der Waals surface area contributed by atoms with E-state index in [-0.39, 0.29) is 12.5 Å². The normalized spacial score (nSPS) is 12.6. The van der Waals surface area contributed by atoms with Crippen molar-refractivity contribution in [3.8, 4) is 17.2 Å². The van der Waals surface area contributed by atoms with E-state index in [0.29, 0.717) is 28.4 Å². The van der Waals surface area contributed by atoms with Gasteiger partial charge in [-0.05, 0) is 48.0 Å². The second-order valence-electron chi connectivity index (χ2n) is 5.16. The van der Waals surface area contributed by atoms with Crippen LogP contribution in [-0.4, -0.2) is 30.9 Å². The third-order valence-corrected chi connectivity index (χ3v) is 3.54. The molecule has 1 amide bonds. The molecule has 0 bridgehead atoms. The summed E-state index contributed by atoms with van der Waals surface area (Å²) < 4.78 is 15.5. The van der Waals surface area contributed by atoms with Gasteiger partial charge < -0.3 is 24.6 Å². The largest absolute Gasteiger partial charge is 0.497 e. The summed E-state index contributed by atoms with van der Waals surface area (Å²) in [5.74, 6) is -0.0567. The molecule has 128 valence electrons. The number of aliphatic carboxylic acids is 1. The molecule has 25 heavy (non-hydrogen) atoms. The molecule has 2 N–H and O–H groups in total. The summed E-state index contributed by atoms with van der Waals surface area (Å²) in [6, 6.07) is 11.3. The molecule has 1 aliphatic heterocycles. The van der Waals surface area contributed by atoms with Gasteiger partial charge in [-0.1, -0.05) is 6.07 Å². The van der Waals surface area contributed by atoms with Gasteiger partial charge >= 0.3 is 5.97 Å². The highest BCUT2D eigenvalue weighted by Gasteiger charge is 2.16. The fourth-order valence-corrected chi connectivity index (χ4v) is 2.26. The van der Waals surface area contributed by atoms with E-state index < -0.39 is 11.9 Å². The maximum Gasteiger partial charge on any atom is 0.352 e. The van der Waals surface area contributed by atoms with E-state index in [2.05, 4.69) is 5.32 Å². The average molecular weight is 341 g/mol. The molecule has 0 unspecified atom stereocenters. The van der Waals surface area contributed by atoms with Crippen molar-refractivity contribution in [2.75, 3.05) is 13.9 Å². The highest BCUT2D eigenvalue weighted by Crippen LogP contribution is 2.33. The van der Waals surface area contributed by atoms with E-state index in [4.69, 9.17) is 14.2 Å². The third kappa shape index (κ3) is 3.72. The molecule has 7 heteroatoms. The van der Waals surface area contributed by atoms with Gasteiger partial charge in [0.1, 0.15) is 11.4 Å². The summed E-state index contributed by atoms with van der Waals surface area (Å²) in [5, 5.41) is 11.7. The summed E-state index contributed by atoms with van der Waals surface area (Å²) in [6.45, 7) is 0.127. The third-order valence-electron chi connectivity index (χ3n) is 3.54. The lowest BCUT2D eigenvalue weighted by Gasteiger charge is -2.07. The van der Waals surface area contributed by atoms with Gasteiger partial charge in [-0.15, -0.1) is 0 Å². The highest BCUT2D eigenvalue weighted by molar-refractivity contribution is 6.02. The number of methoxy groups -OCH3 is 1. The smallest absolute Gasteiger partial charge is 0.352 e. The second-order valence-corrected chi connectivity index (χ2v) is 5.16. The van der Waals surface area contributed by atoms with E-state index in [1.807, 2.05) is 0 Å².